The minimum Gasteiger partial charge on any atom is -0.383 e. The van der Waals surface area contributed by atoms with E-state index in [2.05, 4.69) is 59.1 Å². The molecule has 0 aliphatic rings. The molecule has 0 amide bonds. The maximum Gasteiger partial charge on any atom is 0.136 e. The van der Waals surface area contributed by atoms with Gasteiger partial charge >= 0.3 is 0 Å². The molecule has 0 saturated heterocycles. The molecule has 2 aromatic rings. The summed E-state index contributed by atoms with van der Waals surface area (Å²) < 4.78 is 2.64. The Morgan fingerprint density at radius 2 is 1.83 bits per heavy atom. The van der Waals surface area contributed by atoms with Crippen LogP contribution >= 0.6 is 15.9 Å². The Bertz CT molecular complexity index is 514. The third-order valence-electron chi connectivity index (χ3n) is 2.83. The average molecular weight is 308 g/mol. The molecule has 0 radical (unpaired) electrons. The predicted octanol–water partition coefficient (Wildman–Crippen LogP) is 3.47. The second-order valence-electron chi connectivity index (χ2n) is 4.95. The fourth-order valence-corrected chi connectivity index (χ4v) is 2.22. The zero-order chi connectivity index (χ0) is 13.1. The highest BCUT2D eigenvalue weighted by atomic mass is 79.9. The lowest BCUT2D eigenvalue weighted by molar-refractivity contribution is 0.646. The first-order valence-corrected chi connectivity index (χ1v) is 6.90. The molecule has 0 aliphatic carbocycles. The number of hydrogen-bond acceptors (Lipinski definition) is 2. The van der Waals surface area contributed by atoms with E-state index in [0.717, 1.165) is 10.9 Å². The molecule has 0 spiro atoms. The van der Waals surface area contributed by atoms with Gasteiger partial charge in [0, 0.05) is 0 Å². The number of anilines is 1. The van der Waals surface area contributed by atoms with Crippen molar-refractivity contribution in [3.63, 3.8) is 0 Å². The lowest BCUT2D eigenvalue weighted by atomic mass is 10.0. The molecule has 1 heterocycles. The lowest BCUT2D eigenvalue weighted by Gasteiger charge is -2.07. The van der Waals surface area contributed by atoms with Crippen molar-refractivity contribution < 1.29 is 0 Å². The largest absolute Gasteiger partial charge is 0.383 e. The van der Waals surface area contributed by atoms with Crippen LogP contribution in [0.1, 0.15) is 25.0 Å². The number of halogens is 1. The number of nitrogens with two attached hydrogens (primary N) is 1. The first kappa shape index (κ1) is 13.1. The molecule has 2 N–H and O–H groups in total. The first-order chi connectivity index (χ1) is 8.56. The minimum atomic E-state index is 0.668. The summed E-state index contributed by atoms with van der Waals surface area (Å²) >= 11 is 3.36. The van der Waals surface area contributed by atoms with E-state index in [1.807, 2.05) is 0 Å². The summed E-state index contributed by atoms with van der Waals surface area (Å²) in [5.41, 5.74) is 8.49. The van der Waals surface area contributed by atoms with Gasteiger partial charge in [-0.25, -0.2) is 4.68 Å². The fraction of sp³-hybridized carbons (Fsp3) is 0.357. The summed E-state index contributed by atoms with van der Waals surface area (Å²) in [6.45, 7) is 5.17. The van der Waals surface area contributed by atoms with Gasteiger partial charge < -0.3 is 5.73 Å². The molecule has 1 aromatic heterocycles. The molecule has 4 heteroatoms. The van der Waals surface area contributed by atoms with Gasteiger partial charge in [0.05, 0.1) is 17.2 Å². The molecular weight excluding hydrogens is 290 g/mol. The molecular formula is C14H18BrN3. The average Bonchev–Trinajstić information content (AvgIpc) is 2.63. The number of nitrogens with zero attached hydrogens (tertiary/aromatic N) is 2. The molecule has 0 fully saturated rings. The van der Waals surface area contributed by atoms with Gasteiger partial charge in [-0.2, -0.15) is 5.10 Å². The van der Waals surface area contributed by atoms with Crippen molar-refractivity contribution in [1.82, 2.24) is 9.78 Å². The number of nitrogen functional groups attached to an aromatic ring is 1. The standard InChI is InChI=1S/C14H18BrN3/c1-10(2)7-11-3-5-12(6-4-11)9-18-14(16)13(15)8-17-18/h3-6,8,10H,7,9,16H2,1-2H3. The highest BCUT2D eigenvalue weighted by molar-refractivity contribution is 9.10. The van der Waals surface area contributed by atoms with Gasteiger partial charge in [-0.15, -0.1) is 0 Å². The molecule has 18 heavy (non-hydrogen) atoms. The van der Waals surface area contributed by atoms with E-state index >= 15 is 0 Å². The summed E-state index contributed by atoms with van der Waals surface area (Å²) in [5, 5.41) is 4.23. The van der Waals surface area contributed by atoms with Crippen LogP contribution in [0.15, 0.2) is 34.9 Å². The van der Waals surface area contributed by atoms with Crippen LogP contribution < -0.4 is 5.73 Å². The Morgan fingerprint density at radius 1 is 1.22 bits per heavy atom. The van der Waals surface area contributed by atoms with Gasteiger partial charge in [0.1, 0.15) is 5.82 Å². The number of hydrogen-bond donors (Lipinski definition) is 1. The molecule has 0 saturated carbocycles. The highest BCUT2D eigenvalue weighted by Gasteiger charge is 2.05. The van der Waals surface area contributed by atoms with E-state index in [1.165, 1.54) is 11.1 Å². The van der Waals surface area contributed by atoms with Crippen LogP contribution in [0.3, 0.4) is 0 Å². The Hall–Kier alpha value is -1.29. The lowest BCUT2D eigenvalue weighted by Crippen LogP contribution is -2.06. The maximum atomic E-state index is 5.90. The zero-order valence-electron chi connectivity index (χ0n) is 10.7. The van der Waals surface area contributed by atoms with Crippen molar-refractivity contribution in [1.29, 1.82) is 0 Å². The van der Waals surface area contributed by atoms with Gasteiger partial charge in [-0.05, 0) is 39.4 Å². The Labute approximate surface area is 116 Å². The van der Waals surface area contributed by atoms with E-state index < -0.39 is 0 Å². The van der Waals surface area contributed by atoms with Gasteiger partial charge in [-0.3, -0.25) is 0 Å². The van der Waals surface area contributed by atoms with Crippen LogP contribution in [0.25, 0.3) is 0 Å². The highest BCUT2D eigenvalue weighted by Crippen LogP contribution is 2.19. The van der Waals surface area contributed by atoms with Crippen molar-refractivity contribution in [3.05, 3.63) is 46.1 Å². The minimum absolute atomic E-state index is 0.668. The Morgan fingerprint density at radius 3 is 2.33 bits per heavy atom. The van der Waals surface area contributed by atoms with Crippen molar-refractivity contribution >= 4 is 21.7 Å². The summed E-state index contributed by atoms with van der Waals surface area (Å²) in [5.74, 6) is 1.36. The summed E-state index contributed by atoms with van der Waals surface area (Å²) in [6.07, 6.45) is 2.85. The second kappa shape index (κ2) is 5.57. The smallest absolute Gasteiger partial charge is 0.136 e. The van der Waals surface area contributed by atoms with Crippen LogP contribution in [0.2, 0.25) is 0 Å². The normalized spacial score (nSPS) is 11.1. The Kier molecular flexibility index (Phi) is 4.07. The van der Waals surface area contributed by atoms with Crippen molar-refractivity contribution in [2.24, 2.45) is 5.92 Å². The van der Waals surface area contributed by atoms with Gasteiger partial charge in [-0.1, -0.05) is 38.1 Å². The van der Waals surface area contributed by atoms with Gasteiger partial charge in [0.2, 0.25) is 0 Å². The number of benzene rings is 1. The molecule has 0 aliphatic heterocycles. The monoisotopic (exact) mass is 307 g/mol. The Balaban J connectivity index is 2.08. The first-order valence-electron chi connectivity index (χ1n) is 6.11. The topological polar surface area (TPSA) is 43.8 Å². The summed E-state index contributed by atoms with van der Waals surface area (Å²) in [7, 11) is 0. The van der Waals surface area contributed by atoms with Crippen LogP contribution in [0.4, 0.5) is 5.82 Å². The third-order valence-corrected chi connectivity index (χ3v) is 3.44. The van der Waals surface area contributed by atoms with E-state index in [4.69, 9.17) is 5.73 Å². The van der Waals surface area contributed by atoms with Crippen LogP contribution in [0, 0.1) is 5.92 Å². The van der Waals surface area contributed by atoms with Gasteiger partial charge in [0.25, 0.3) is 0 Å². The zero-order valence-corrected chi connectivity index (χ0v) is 12.3. The maximum absolute atomic E-state index is 5.90. The quantitative estimate of drug-likeness (QED) is 0.940. The predicted molar refractivity (Wildman–Crippen MR) is 78.4 cm³/mol. The summed E-state index contributed by atoms with van der Waals surface area (Å²) in [4.78, 5) is 0. The fourth-order valence-electron chi connectivity index (χ4n) is 1.92. The van der Waals surface area contributed by atoms with E-state index in [1.54, 1.807) is 10.9 Å². The SMILES string of the molecule is CC(C)Cc1ccc(Cn2ncc(Br)c2N)cc1. The molecule has 3 nitrogen and oxygen atoms in total. The van der Waals surface area contributed by atoms with E-state index in [0.29, 0.717) is 18.3 Å². The second-order valence-corrected chi connectivity index (χ2v) is 5.80. The van der Waals surface area contributed by atoms with Crippen LogP contribution in [0.5, 0.6) is 0 Å². The molecule has 0 bridgehead atoms. The van der Waals surface area contributed by atoms with Crippen molar-refractivity contribution in [2.75, 3.05) is 5.73 Å². The molecule has 2 rings (SSSR count). The van der Waals surface area contributed by atoms with E-state index in [9.17, 15) is 0 Å². The molecule has 0 unspecified atom stereocenters. The number of rotatable bonds is 4. The molecule has 1 aromatic carbocycles. The van der Waals surface area contributed by atoms with Crippen molar-refractivity contribution in [2.45, 2.75) is 26.8 Å². The molecule has 0 atom stereocenters. The van der Waals surface area contributed by atoms with Crippen LogP contribution in [-0.4, -0.2) is 9.78 Å². The third kappa shape index (κ3) is 3.13. The summed E-state index contributed by atoms with van der Waals surface area (Å²) in [6, 6.07) is 8.66. The number of aromatic nitrogens is 2. The van der Waals surface area contributed by atoms with E-state index in [-0.39, 0.29) is 0 Å². The van der Waals surface area contributed by atoms with Crippen molar-refractivity contribution in [3.8, 4) is 0 Å². The molecule has 96 valence electrons. The van der Waals surface area contributed by atoms with Gasteiger partial charge in [0.15, 0.2) is 0 Å². The van der Waals surface area contributed by atoms with Crippen LogP contribution in [-0.2, 0) is 13.0 Å².